The molecule has 1 atom stereocenters. The van der Waals surface area contributed by atoms with Crippen molar-refractivity contribution in [3.05, 3.63) is 34.9 Å². The highest BCUT2D eigenvalue weighted by molar-refractivity contribution is 14.0. The molecule has 0 aliphatic carbocycles. The normalized spacial score (nSPS) is 20.7. The van der Waals surface area contributed by atoms with E-state index in [4.69, 9.17) is 21.1 Å². The number of likely N-dealkylation sites (tertiary alicyclic amines) is 2. The fourth-order valence-corrected chi connectivity index (χ4v) is 4.53. The smallest absolute Gasteiger partial charge is 0.193 e. The van der Waals surface area contributed by atoms with Gasteiger partial charge in [0.15, 0.2) is 5.96 Å². The zero-order chi connectivity index (χ0) is 21.2. The summed E-state index contributed by atoms with van der Waals surface area (Å²) in [6.45, 7) is 8.41. The predicted molar refractivity (Wildman–Crippen MR) is 139 cm³/mol. The number of ether oxygens (including phenoxy) is 2. The number of nitrogens with one attached hydrogen (secondary N) is 1. The van der Waals surface area contributed by atoms with Crippen molar-refractivity contribution in [2.24, 2.45) is 16.8 Å². The van der Waals surface area contributed by atoms with Gasteiger partial charge in [-0.1, -0.05) is 29.8 Å². The van der Waals surface area contributed by atoms with E-state index in [9.17, 15) is 0 Å². The van der Waals surface area contributed by atoms with Crippen molar-refractivity contribution < 1.29 is 9.47 Å². The first-order valence-electron chi connectivity index (χ1n) is 11.2. The van der Waals surface area contributed by atoms with E-state index in [2.05, 4.69) is 32.2 Å². The minimum atomic E-state index is 0. The van der Waals surface area contributed by atoms with Crippen molar-refractivity contribution in [3.8, 4) is 0 Å². The summed E-state index contributed by atoms with van der Waals surface area (Å²) in [6.07, 6.45) is 3.59. The van der Waals surface area contributed by atoms with Crippen molar-refractivity contribution in [1.29, 1.82) is 0 Å². The van der Waals surface area contributed by atoms with Gasteiger partial charge in [0.25, 0.3) is 0 Å². The first-order valence-corrected chi connectivity index (χ1v) is 11.6. The van der Waals surface area contributed by atoms with Crippen molar-refractivity contribution in [2.45, 2.75) is 25.8 Å². The molecule has 2 saturated heterocycles. The van der Waals surface area contributed by atoms with E-state index in [-0.39, 0.29) is 24.0 Å². The van der Waals surface area contributed by atoms with Gasteiger partial charge >= 0.3 is 0 Å². The first kappa shape index (κ1) is 26.6. The van der Waals surface area contributed by atoms with Gasteiger partial charge in [-0.2, -0.15) is 0 Å². The minimum absolute atomic E-state index is 0. The van der Waals surface area contributed by atoms with Crippen LogP contribution < -0.4 is 5.32 Å². The summed E-state index contributed by atoms with van der Waals surface area (Å²) in [5, 5.41) is 4.50. The van der Waals surface area contributed by atoms with Crippen LogP contribution in [-0.4, -0.2) is 82.5 Å². The molecule has 2 aliphatic heterocycles. The molecule has 2 heterocycles. The zero-order valence-corrected chi connectivity index (χ0v) is 22.0. The molecule has 2 aliphatic rings. The third-order valence-electron chi connectivity index (χ3n) is 6.19. The maximum absolute atomic E-state index is 6.32. The van der Waals surface area contributed by atoms with Crippen LogP contribution in [0.2, 0.25) is 5.02 Å². The summed E-state index contributed by atoms with van der Waals surface area (Å²) in [7, 11) is 3.59. The Morgan fingerprint density at radius 2 is 1.87 bits per heavy atom. The van der Waals surface area contributed by atoms with Crippen LogP contribution >= 0.6 is 35.6 Å². The van der Waals surface area contributed by atoms with Gasteiger partial charge in [-0.25, -0.2) is 0 Å². The van der Waals surface area contributed by atoms with Crippen molar-refractivity contribution in [3.63, 3.8) is 0 Å². The maximum Gasteiger partial charge on any atom is 0.193 e. The molecule has 176 valence electrons. The topological polar surface area (TPSA) is 49.3 Å². The lowest BCUT2D eigenvalue weighted by molar-refractivity contribution is 0.0536. The van der Waals surface area contributed by atoms with Crippen LogP contribution in [0.4, 0.5) is 0 Å². The molecular formula is C23H38ClIN4O2. The van der Waals surface area contributed by atoms with Crippen molar-refractivity contribution in [1.82, 2.24) is 15.1 Å². The number of guanidine groups is 1. The van der Waals surface area contributed by atoms with Gasteiger partial charge in [0.05, 0.1) is 19.8 Å². The van der Waals surface area contributed by atoms with E-state index in [0.717, 1.165) is 63.3 Å². The van der Waals surface area contributed by atoms with E-state index in [1.165, 1.54) is 18.4 Å². The van der Waals surface area contributed by atoms with Gasteiger partial charge in [0.2, 0.25) is 0 Å². The first-order chi connectivity index (χ1) is 14.7. The number of hydrogen-bond acceptors (Lipinski definition) is 4. The van der Waals surface area contributed by atoms with E-state index in [0.29, 0.717) is 25.0 Å². The quantitative estimate of drug-likeness (QED) is 0.214. The molecule has 1 unspecified atom stereocenters. The van der Waals surface area contributed by atoms with Gasteiger partial charge in [-0.3, -0.25) is 9.89 Å². The summed E-state index contributed by atoms with van der Waals surface area (Å²) in [6, 6.07) is 8.17. The largest absolute Gasteiger partial charge is 0.382 e. The highest BCUT2D eigenvalue weighted by atomic mass is 127. The summed E-state index contributed by atoms with van der Waals surface area (Å²) in [4.78, 5) is 9.41. The van der Waals surface area contributed by atoms with Crippen LogP contribution in [0.5, 0.6) is 0 Å². The van der Waals surface area contributed by atoms with Crippen LogP contribution in [0, 0.1) is 11.8 Å². The SMILES string of the molecule is CN=C(NCC1CCN(Cc2ccccc2Cl)CC1)N1CCC(COCCOC)C1.I. The number of methoxy groups -OCH3 is 1. The van der Waals surface area contributed by atoms with E-state index >= 15 is 0 Å². The molecule has 0 saturated carbocycles. The monoisotopic (exact) mass is 564 g/mol. The van der Waals surface area contributed by atoms with Gasteiger partial charge in [-0.15, -0.1) is 24.0 Å². The highest BCUT2D eigenvalue weighted by Crippen LogP contribution is 2.22. The molecule has 6 nitrogen and oxygen atoms in total. The average Bonchev–Trinajstić information content (AvgIpc) is 3.23. The number of aliphatic imine (C=N–C) groups is 1. The average molecular weight is 565 g/mol. The molecule has 31 heavy (non-hydrogen) atoms. The Morgan fingerprint density at radius 1 is 1.13 bits per heavy atom. The summed E-state index contributed by atoms with van der Waals surface area (Å²) < 4.78 is 10.8. The minimum Gasteiger partial charge on any atom is -0.382 e. The number of benzene rings is 1. The summed E-state index contributed by atoms with van der Waals surface area (Å²) in [5.41, 5.74) is 1.23. The Kier molecular flexibility index (Phi) is 12.5. The fraction of sp³-hybridized carbons (Fsp3) is 0.696. The molecule has 3 rings (SSSR count). The maximum atomic E-state index is 6.32. The van der Waals surface area contributed by atoms with Gasteiger partial charge in [-0.05, 0) is 49.9 Å². The van der Waals surface area contributed by atoms with E-state index < -0.39 is 0 Å². The Morgan fingerprint density at radius 3 is 2.58 bits per heavy atom. The lowest BCUT2D eigenvalue weighted by Crippen LogP contribution is -2.44. The molecule has 0 bridgehead atoms. The van der Waals surface area contributed by atoms with Crippen LogP contribution in [0.1, 0.15) is 24.8 Å². The molecule has 2 fully saturated rings. The van der Waals surface area contributed by atoms with Crippen LogP contribution in [-0.2, 0) is 16.0 Å². The molecule has 1 aromatic carbocycles. The fourth-order valence-electron chi connectivity index (χ4n) is 4.34. The third-order valence-corrected chi connectivity index (χ3v) is 6.56. The molecule has 0 aromatic heterocycles. The lowest BCUT2D eigenvalue weighted by Gasteiger charge is -2.33. The predicted octanol–water partition coefficient (Wildman–Crippen LogP) is 3.73. The summed E-state index contributed by atoms with van der Waals surface area (Å²) in [5.74, 6) is 2.31. The number of rotatable bonds is 9. The molecule has 8 heteroatoms. The number of piperidine rings is 1. The molecule has 0 spiro atoms. The van der Waals surface area contributed by atoms with Crippen molar-refractivity contribution in [2.75, 3.05) is 66.7 Å². The second-order valence-electron chi connectivity index (χ2n) is 8.41. The van der Waals surface area contributed by atoms with Crippen molar-refractivity contribution >= 4 is 41.5 Å². The second kappa shape index (κ2) is 14.5. The van der Waals surface area contributed by atoms with Gasteiger partial charge in [0.1, 0.15) is 0 Å². The van der Waals surface area contributed by atoms with E-state index in [1.54, 1.807) is 7.11 Å². The number of nitrogens with zero attached hydrogens (tertiary/aromatic N) is 3. The lowest BCUT2D eigenvalue weighted by atomic mass is 9.96. The van der Waals surface area contributed by atoms with Crippen LogP contribution in [0.25, 0.3) is 0 Å². The Bertz CT molecular complexity index is 671. The molecular weight excluding hydrogens is 527 g/mol. The third kappa shape index (κ3) is 8.68. The standard InChI is InChI=1S/C23H37ClN4O2.HI/c1-25-23(28-12-9-20(16-28)18-30-14-13-29-2)26-15-19-7-10-27(11-8-19)17-21-5-3-4-6-22(21)24;/h3-6,19-20H,7-18H2,1-2H3,(H,25,26);1H. The number of hydrogen-bond donors (Lipinski definition) is 1. The van der Waals surface area contributed by atoms with Crippen LogP contribution in [0.15, 0.2) is 29.3 Å². The van der Waals surface area contributed by atoms with Crippen LogP contribution in [0.3, 0.4) is 0 Å². The highest BCUT2D eigenvalue weighted by Gasteiger charge is 2.26. The van der Waals surface area contributed by atoms with Gasteiger partial charge < -0.3 is 19.7 Å². The molecule has 0 amide bonds. The summed E-state index contributed by atoms with van der Waals surface area (Å²) >= 11 is 6.32. The second-order valence-corrected chi connectivity index (χ2v) is 8.81. The Labute approximate surface area is 209 Å². The van der Waals surface area contributed by atoms with E-state index in [1.807, 2.05) is 19.2 Å². The Hall–Kier alpha value is -0.610. The molecule has 1 N–H and O–H groups in total. The zero-order valence-electron chi connectivity index (χ0n) is 18.9. The number of halogens is 2. The molecule has 0 radical (unpaired) electrons. The molecule has 1 aromatic rings. The Balaban J connectivity index is 0.00000341. The van der Waals surface area contributed by atoms with Gasteiger partial charge in [0, 0.05) is 51.3 Å².